The van der Waals surface area contributed by atoms with Crippen molar-refractivity contribution >= 4 is 41.6 Å². The van der Waals surface area contributed by atoms with Crippen molar-refractivity contribution < 1.29 is 32.6 Å². The van der Waals surface area contributed by atoms with Crippen molar-refractivity contribution in [3.05, 3.63) is 48.3 Å². The van der Waals surface area contributed by atoms with Crippen LogP contribution >= 0.6 is 7.75 Å². The van der Waals surface area contributed by atoms with Crippen LogP contribution in [0.4, 0.5) is 5.95 Å². The van der Waals surface area contributed by atoms with Gasteiger partial charge in [-0.05, 0) is 37.1 Å². The Bertz CT molecular complexity index is 1730. The van der Waals surface area contributed by atoms with Gasteiger partial charge in [-0.15, -0.1) is 0 Å². The molecule has 14 heteroatoms. The van der Waals surface area contributed by atoms with Gasteiger partial charge < -0.3 is 24.5 Å². The summed E-state index contributed by atoms with van der Waals surface area (Å²) < 4.78 is 45.6. The smallest absolute Gasteiger partial charge is 0.459 e. The average Bonchev–Trinajstić information content (AvgIpc) is 3.56. The molecule has 1 aliphatic rings. The number of nitrogens with zero attached hydrogens (tertiary/aromatic N) is 4. The van der Waals surface area contributed by atoms with Gasteiger partial charge in [0.15, 0.2) is 11.2 Å². The quantitative estimate of drug-likeness (QED) is 0.130. The molecule has 0 aliphatic carbocycles. The molecule has 0 saturated carbocycles. The zero-order valence-corrected chi connectivity index (χ0v) is 29.5. The van der Waals surface area contributed by atoms with Gasteiger partial charge in [-0.2, -0.15) is 15.1 Å². The van der Waals surface area contributed by atoms with Gasteiger partial charge in [0, 0.05) is 11.3 Å². The van der Waals surface area contributed by atoms with E-state index >= 15 is 0 Å². The van der Waals surface area contributed by atoms with E-state index in [9.17, 15) is 9.36 Å². The van der Waals surface area contributed by atoms with Gasteiger partial charge in [0.2, 0.25) is 11.8 Å². The lowest BCUT2D eigenvalue weighted by Gasteiger charge is -2.25. The maximum atomic E-state index is 14.3. The van der Waals surface area contributed by atoms with Crippen molar-refractivity contribution in [1.29, 1.82) is 0 Å². The number of benzene rings is 2. The van der Waals surface area contributed by atoms with E-state index in [0.717, 1.165) is 10.8 Å². The van der Waals surface area contributed by atoms with Crippen molar-refractivity contribution in [3.8, 4) is 11.6 Å². The van der Waals surface area contributed by atoms with Crippen molar-refractivity contribution in [2.75, 3.05) is 26.1 Å². The number of nitrogens with two attached hydrogens (primary N) is 1. The van der Waals surface area contributed by atoms with Crippen molar-refractivity contribution in [1.82, 2.24) is 24.6 Å². The largest absolute Gasteiger partial charge is 0.479 e. The number of anilines is 1. The minimum absolute atomic E-state index is 0.00881. The van der Waals surface area contributed by atoms with Crippen LogP contribution in [0, 0.1) is 18.3 Å². The van der Waals surface area contributed by atoms with E-state index in [2.05, 4.69) is 20.0 Å². The second-order valence-electron chi connectivity index (χ2n) is 12.5. The Balaban J connectivity index is 0.00000245. The summed E-state index contributed by atoms with van der Waals surface area (Å²) in [5.74, 6) is 0.770. The average molecular weight is 671 g/mol. The fourth-order valence-electron chi connectivity index (χ4n) is 5.24. The van der Waals surface area contributed by atoms with Crippen LogP contribution in [0.3, 0.4) is 0 Å². The van der Waals surface area contributed by atoms with E-state index in [1.54, 1.807) is 19.1 Å². The first kappa shape index (κ1) is 36.1. The normalized spacial score (nSPS) is 19.9. The van der Waals surface area contributed by atoms with E-state index in [0.29, 0.717) is 29.2 Å². The summed E-state index contributed by atoms with van der Waals surface area (Å²) in [6.07, 6.45) is -0.337. The topological polar surface area (TPSA) is 162 Å². The van der Waals surface area contributed by atoms with Crippen LogP contribution in [-0.4, -0.2) is 58.0 Å². The molecule has 1 saturated heterocycles. The lowest BCUT2D eigenvalue weighted by atomic mass is 9.99. The molecule has 1 aliphatic heterocycles. The Hall–Kier alpha value is -3.77. The van der Waals surface area contributed by atoms with Crippen LogP contribution in [0.15, 0.2) is 42.5 Å². The number of fused-ring (bicyclic) bond motifs is 2. The number of methoxy groups -OCH3 is 1. The van der Waals surface area contributed by atoms with Gasteiger partial charge in [-0.25, -0.2) is 9.55 Å². The summed E-state index contributed by atoms with van der Waals surface area (Å²) in [7, 11) is -2.65. The SMILES string of the molecule is CC.COc1nc(N)nc2c1nc(C)n2C1OC(COP(=O)(NC(C)C(=O)OCC(C)(C)C)Oc2cccc3ccccc23)CC1C. The standard InChI is InChI=1S/C31H41N6O7P.C2H6/c1-18-15-22(43-28(18)37-20(3)33-25-26(37)34-30(32)35-27(25)40-7)16-42-45(39,36-19(2)29(38)41-17-31(4,5)6)44-24-14-10-12-21-11-8-9-13-23(21)24;1-2/h8-14,18-19,22,28H,15-17H2,1-7H3,(H,36,39)(H2,32,34,35);1-2H3. The summed E-state index contributed by atoms with van der Waals surface area (Å²) in [6.45, 7) is 15.4. The molecule has 0 radical (unpaired) electrons. The molecule has 0 spiro atoms. The van der Waals surface area contributed by atoms with Crippen LogP contribution in [0.5, 0.6) is 11.6 Å². The third-order valence-corrected chi connectivity index (χ3v) is 8.98. The summed E-state index contributed by atoms with van der Waals surface area (Å²) in [5.41, 5.74) is 6.68. The third kappa shape index (κ3) is 8.58. The molecule has 5 atom stereocenters. The molecule has 5 unspecified atom stereocenters. The Kier molecular flexibility index (Phi) is 11.5. The van der Waals surface area contributed by atoms with Crippen LogP contribution in [0.1, 0.15) is 66.9 Å². The Labute approximate surface area is 276 Å². The number of imidazole rings is 1. The predicted octanol–water partition coefficient (Wildman–Crippen LogP) is 6.60. The van der Waals surface area contributed by atoms with Crippen molar-refractivity contribution in [3.63, 3.8) is 0 Å². The Morgan fingerprint density at radius 2 is 1.85 bits per heavy atom. The number of nitrogen functional groups attached to an aromatic ring is 1. The second-order valence-corrected chi connectivity index (χ2v) is 14.2. The molecule has 2 aromatic heterocycles. The van der Waals surface area contributed by atoms with E-state index in [1.165, 1.54) is 7.11 Å². The van der Waals surface area contributed by atoms with Crippen molar-refractivity contribution in [2.24, 2.45) is 11.3 Å². The maximum absolute atomic E-state index is 14.3. The zero-order valence-electron chi connectivity index (χ0n) is 28.6. The lowest BCUT2D eigenvalue weighted by molar-refractivity contribution is -0.148. The fourth-order valence-corrected chi connectivity index (χ4v) is 6.78. The third-order valence-electron chi connectivity index (χ3n) is 7.35. The second kappa shape index (κ2) is 15.0. The zero-order chi connectivity index (χ0) is 34.5. The number of carbonyl (C=O) groups excluding carboxylic acids is 1. The van der Waals surface area contributed by atoms with Gasteiger partial charge in [0.1, 0.15) is 23.8 Å². The first-order valence-corrected chi connectivity index (χ1v) is 17.4. The molecule has 5 rings (SSSR count). The highest BCUT2D eigenvalue weighted by molar-refractivity contribution is 7.52. The Morgan fingerprint density at radius 1 is 1.15 bits per heavy atom. The highest BCUT2D eigenvalue weighted by Crippen LogP contribution is 2.48. The van der Waals surface area contributed by atoms with Gasteiger partial charge in [-0.3, -0.25) is 13.9 Å². The molecule has 2 aromatic carbocycles. The van der Waals surface area contributed by atoms with E-state index < -0.39 is 32.1 Å². The van der Waals surface area contributed by atoms with Crippen LogP contribution in [0.2, 0.25) is 0 Å². The minimum atomic E-state index is -4.14. The number of aryl methyl sites for hydroxylation is 1. The number of hydrogen-bond acceptors (Lipinski definition) is 11. The highest BCUT2D eigenvalue weighted by Gasteiger charge is 2.39. The van der Waals surface area contributed by atoms with Gasteiger partial charge in [0.25, 0.3) is 0 Å². The van der Waals surface area contributed by atoms with E-state index in [1.807, 2.05) is 83.4 Å². The summed E-state index contributed by atoms with van der Waals surface area (Å²) in [4.78, 5) is 26.0. The minimum Gasteiger partial charge on any atom is -0.479 e. The molecule has 47 heavy (non-hydrogen) atoms. The predicted molar refractivity (Wildman–Crippen MR) is 181 cm³/mol. The monoisotopic (exact) mass is 670 g/mol. The molecule has 0 bridgehead atoms. The van der Waals surface area contributed by atoms with Crippen LogP contribution < -0.4 is 20.1 Å². The lowest BCUT2D eigenvalue weighted by Crippen LogP contribution is -2.37. The molecule has 0 amide bonds. The van der Waals surface area contributed by atoms with Crippen LogP contribution in [-0.2, 0) is 23.4 Å². The van der Waals surface area contributed by atoms with Crippen LogP contribution in [0.25, 0.3) is 21.9 Å². The first-order valence-electron chi connectivity index (χ1n) is 15.8. The number of esters is 1. The fraction of sp³-hybridized carbons (Fsp3) is 0.515. The molecule has 4 aromatic rings. The molecule has 3 N–H and O–H groups in total. The van der Waals surface area contributed by atoms with Gasteiger partial charge in [-0.1, -0.05) is 77.9 Å². The van der Waals surface area contributed by atoms with E-state index in [-0.39, 0.29) is 36.4 Å². The van der Waals surface area contributed by atoms with Crippen molar-refractivity contribution in [2.45, 2.75) is 80.2 Å². The Morgan fingerprint density at radius 3 is 2.55 bits per heavy atom. The summed E-state index contributed by atoms with van der Waals surface area (Å²) in [5, 5.41) is 4.44. The summed E-state index contributed by atoms with van der Waals surface area (Å²) in [6, 6.07) is 12.0. The maximum Gasteiger partial charge on any atom is 0.459 e. The molecule has 3 heterocycles. The van der Waals surface area contributed by atoms with E-state index in [4.69, 9.17) is 29.0 Å². The van der Waals surface area contributed by atoms with Gasteiger partial charge in [0.05, 0.1) is 26.4 Å². The molecule has 13 nitrogen and oxygen atoms in total. The summed E-state index contributed by atoms with van der Waals surface area (Å²) >= 11 is 0. The first-order chi connectivity index (χ1) is 22.3. The number of carbonyl (C=O) groups is 1. The molecule has 1 fully saturated rings. The molecule has 256 valence electrons. The number of nitrogens with one attached hydrogen (secondary N) is 1. The number of aromatic nitrogens is 4. The number of hydrogen-bond donors (Lipinski definition) is 2. The molecular weight excluding hydrogens is 623 g/mol. The number of ether oxygens (including phenoxy) is 3. The highest BCUT2D eigenvalue weighted by atomic mass is 31.2. The van der Waals surface area contributed by atoms with Gasteiger partial charge >= 0.3 is 13.7 Å². The number of rotatable bonds is 11. The molecular formula is C33H47N6O7P.